The second-order valence-corrected chi connectivity index (χ2v) is 3.19. The molecule has 0 aromatic heterocycles. The summed E-state index contributed by atoms with van der Waals surface area (Å²) in [5, 5.41) is 0. The Labute approximate surface area is 57.9 Å². The molecular formula is C8H14O. The maximum absolute atomic E-state index is 11.2. The summed E-state index contributed by atoms with van der Waals surface area (Å²) in [5.41, 5.74) is -0.293. The highest BCUT2D eigenvalue weighted by Gasteiger charge is 2.29. The molecular weight excluding hydrogens is 112 g/mol. The first-order valence-electron chi connectivity index (χ1n) is 4.22. The summed E-state index contributed by atoms with van der Waals surface area (Å²) in [6.45, 7) is 2.19. The Balaban J connectivity index is 2.63. The quantitative estimate of drug-likeness (QED) is 0.487. The standard InChI is InChI=1S/C8H14O/c1-8(2)6-4-3-5-7(8)9/h3-6H2,1-2H3/i1D/t8-/m1/s1. The van der Waals surface area contributed by atoms with Gasteiger partial charge in [-0.05, 0) is 12.8 Å². The van der Waals surface area contributed by atoms with E-state index in [4.69, 9.17) is 1.37 Å². The lowest BCUT2D eigenvalue weighted by atomic mass is 9.76. The molecule has 0 aliphatic heterocycles. The molecule has 52 valence electrons. The zero-order valence-electron chi connectivity index (χ0n) is 6.94. The summed E-state index contributed by atoms with van der Waals surface area (Å²) in [5.74, 6) is 0.300. The van der Waals surface area contributed by atoms with Gasteiger partial charge in [-0.1, -0.05) is 20.2 Å². The Morgan fingerprint density at radius 3 is 2.89 bits per heavy atom. The van der Waals surface area contributed by atoms with Gasteiger partial charge in [0.2, 0.25) is 0 Å². The van der Waals surface area contributed by atoms with Gasteiger partial charge < -0.3 is 0 Å². The lowest BCUT2D eigenvalue weighted by Gasteiger charge is -2.27. The van der Waals surface area contributed by atoms with E-state index in [-0.39, 0.29) is 12.3 Å². The average molecular weight is 127 g/mol. The predicted molar refractivity (Wildman–Crippen MR) is 37.3 cm³/mol. The van der Waals surface area contributed by atoms with Crippen molar-refractivity contribution < 1.29 is 6.17 Å². The summed E-state index contributed by atoms with van der Waals surface area (Å²) >= 11 is 0. The van der Waals surface area contributed by atoms with Gasteiger partial charge in [0, 0.05) is 13.2 Å². The third-order valence-electron chi connectivity index (χ3n) is 2.06. The number of carbonyl (C=O) groups excluding carboxylic acids is 1. The first-order chi connectivity index (χ1) is 4.69. The van der Waals surface area contributed by atoms with Crippen molar-refractivity contribution in [1.82, 2.24) is 0 Å². The van der Waals surface area contributed by atoms with E-state index in [1.165, 1.54) is 0 Å². The fourth-order valence-electron chi connectivity index (χ4n) is 1.24. The molecule has 1 aliphatic rings. The van der Waals surface area contributed by atoms with Gasteiger partial charge >= 0.3 is 0 Å². The Bertz CT molecular complexity index is 144. The number of ketones is 1. The number of Topliss-reactive ketones (excluding diaryl/α,β-unsaturated/α-hetero) is 1. The Morgan fingerprint density at radius 2 is 2.44 bits per heavy atom. The summed E-state index contributed by atoms with van der Waals surface area (Å²) in [4.78, 5) is 11.2. The van der Waals surface area contributed by atoms with Crippen molar-refractivity contribution in [2.75, 3.05) is 0 Å². The van der Waals surface area contributed by atoms with Gasteiger partial charge in [0.1, 0.15) is 5.78 Å². The van der Waals surface area contributed by atoms with Crippen LogP contribution in [0, 0.1) is 5.41 Å². The van der Waals surface area contributed by atoms with Crippen LogP contribution in [-0.2, 0) is 4.79 Å². The monoisotopic (exact) mass is 127 g/mol. The van der Waals surface area contributed by atoms with Crippen LogP contribution in [0.25, 0.3) is 0 Å². The summed E-state index contributed by atoms with van der Waals surface area (Å²) < 4.78 is 7.20. The van der Waals surface area contributed by atoms with Crippen molar-refractivity contribution in [3.63, 3.8) is 0 Å². The largest absolute Gasteiger partial charge is 0.299 e. The van der Waals surface area contributed by atoms with Gasteiger partial charge in [0.25, 0.3) is 0 Å². The van der Waals surface area contributed by atoms with Crippen LogP contribution in [0.2, 0.25) is 0 Å². The molecule has 0 spiro atoms. The molecule has 1 heteroatoms. The van der Waals surface area contributed by atoms with Crippen LogP contribution >= 0.6 is 0 Å². The van der Waals surface area contributed by atoms with E-state index in [2.05, 4.69) is 0 Å². The molecule has 1 aliphatic carbocycles. The normalized spacial score (nSPS) is 38.3. The first kappa shape index (κ1) is 5.45. The minimum atomic E-state index is -0.293. The van der Waals surface area contributed by atoms with Crippen molar-refractivity contribution in [1.29, 1.82) is 0 Å². The molecule has 1 fully saturated rings. The molecule has 9 heavy (non-hydrogen) atoms. The number of hydrogen-bond acceptors (Lipinski definition) is 1. The highest BCUT2D eigenvalue weighted by molar-refractivity contribution is 5.84. The van der Waals surface area contributed by atoms with Gasteiger partial charge in [-0.15, -0.1) is 0 Å². The molecule has 0 bridgehead atoms. The minimum Gasteiger partial charge on any atom is -0.299 e. The van der Waals surface area contributed by atoms with Gasteiger partial charge in [0.15, 0.2) is 0 Å². The molecule has 1 atom stereocenters. The van der Waals surface area contributed by atoms with Crippen LogP contribution in [-0.4, -0.2) is 5.78 Å². The van der Waals surface area contributed by atoms with Crippen LogP contribution in [0.1, 0.15) is 40.9 Å². The van der Waals surface area contributed by atoms with Gasteiger partial charge in [-0.25, -0.2) is 0 Å². The fourth-order valence-corrected chi connectivity index (χ4v) is 1.24. The van der Waals surface area contributed by atoms with Crippen molar-refractivity contribution in [2.45, 2.75) is 39.5 Å². The molecule has 1 rings (SSSR count). The van der Waals surface area contributed by atoms with Crippen LogP contribution < -0.4 is 0 Å². The lowest BCUT2D eigenvalue weighted by Crippen LogP contribution is -2.27. The number of hydrogen-bond donors (Lipinski definition) is 0. The smallest absolute Gasteiger partial charge is 0.138 e. The molecule has 0 amide bonds. The van der Waals surface area contributed by atoms with Crippen LogP contribution in [0.5, 0.6) is 0 Å². The van der Waals surface area contributed by atoms with Crippen molar-refractivity contribution in [2.24, 2.45) is 5.41 Å². The van der Waals surface area contributed by atoms with E-state index < -0.39 is 0 Å². The van der Waals surface area contributed by atoms with E-state index in [9.17, 15) is 4.79 Å². The average Bonchev–Trinajstić information content (AvgIpc) is 1.96. The molecule has 1 nitrogen and oxygen atoms in total. The Hall–Kier alpha value is -0.330. The van der Waals surface area contributed by atoms with Crippen molar-refractivity contribution in [3.8, 4) is 0 Å². The Morgan fingerprint density at radius 1 is 1.67 bits per heavy atom. The molecule has 0 radical (unpaired) electrons. The highest BCUT2D eigenvalue weighted by atomic mass is 16.1. The zero-order chi connectivity index (χ0) is 7.61. The molecule has 0 heterocycles. The summed E-state index contributed by atoms with van der Waals surface area (Å²) in [7, 11) is 0. The summed E-state index contributed by atoms with van der Waals surface area (Å²) in [6, 6.07) is 0. The highest BCUT2D eigenvalue weighted by Crippen LogP contribution is 2.31. The minimum absolute atomic E-state index is 0.270. The number of rotatable bonds is 0. The summed E-state index contributed by atoms with van der Waals surface area (Å²) in [6.07, 6.45) is 3.79. The second kappa shape index (κ2) is 2.13. The van der Waals surface area contributed by atoms with Crippen LogP contribution in [0.3, 0.4) is 0 Å². The fraction of sp³-hybridized carbons (Fsp3) is 0.875. The number of carbonyl (C=O) groups is 1. The van der Waals surface area contributed by atoms with Crippen LogP contribution in [0.4, 0.5) is 0 Å². The van der Waals surface area contributed by atoms with Gasteiger partial charge in [0.05, 0.1) is 0 Å². The molecule has 0 N–H and O–H groups in total. The lowest BCUT2D eigenvalue weighted by molar-refractivity contribution is -0.129. The maximum atomic E-state index is 11.2. The maximum Gasteiger partial charge on any atom is 0.138 e. The van der Waals surface area contributed by atoms with Crippen molar-refractivity contribution in [3.05, 3.63) is 0 Å². The van der Waals surface area contributed by atoms with E-state index >= 15 is 0 Å². The van der Waals surface area contributed by atoms with Crippen molar-refractivity contribution >= 4 is 5.78 Å². The van der Waals surface area contributed by atoms with Gasteiger partial charge in [-0.2, -0.15) is 0 Å². The SMILES string of the molecule is [2H]C[C@@]1(C)CCCCC1=O. The third kappa shape index (κ3) is 1.32. The van der Waals surface area contributed by atoms with E-state index in [1.807, 2.05) is 6.92 Å². The topological polar surface area (TPSA) is 17.1 Å². The zero-order valence-corrected chi connectivity index (χ0v) is 5.94. The van der Waals surface area contributed by atoms with E-state index in [0.717, 1.165) is 19.3 Å². The molecule has 0 saturated heterocycles. The first-order valence-corrected chi connectivity index (χ1v) is 3.51. The van der Waals surface area contributed by atoms with E-state index in [0.29, 0.717) is 12.2 Å². The van der Waals surface area contributed by atoms with Crippen LogP contribution in [0.15, 0.2) is 0 Å². The predicted octanol–water partition coefficient (Wildman–Crippen LogP) is 2.16. The third-order valence-corrected chi connectivity index (χ3v) is 2.06. The van der Waals surface area contributed by atoms with Gasteiger partial charge in [-0.3, -0.25) is 4.79 Å². The molecule has 0 unspecified atom stereocenters. The Kier molecular flexibility index (Phi) is 1.29. The molecule has 1 saturated carbocycles. The molecule has 0 aromatic carbocycles. The second-order valence-electron chi connectivity index (χ2n) is 3.19. The van der Waals surface area contributed by atoms with E-state index in [1.54, 1.807) is 0 Å². The molecule has 0 aromatic rings.